The van der Waals surface area contributed by atoms with Crippen molar-refractivity contribution in [3.63, 3.8) is 0 Å². The molecule has 0 aromatic carbocycles. The van der Waals surface area contributed by atoms with E-state index in [2.05, 4.69) is 4.98 Å². The predicted molar refractivity (Wildman–Crippen MR) is 62.6 cm³/mol. The highest BCUT2D eigenvalue weighted by Crippen LogP contribution is 2.17. The van der Waals surface area contributed by atoms with Gasteiger partial charge in [0.1, 0.15) is 11.0 Å². The van der Waals surface area contributed by atoms with Crippen molar-refractivity contribution in [1.82, 2.24) is 9.29 Å². The molecule has 1 aromatic heterocycles. The van der Waals surface area contributed by atoms with Crippen LogP contribution in [0.4, 0.5) is 0 Å². The number of hydrogen-bond donors (Lipinski definition) is 0. The lowest BCUT2D eigenvalue weighted by Crippen LogP contribution is -2.22. The van der Waals surface area contributed by atoms with Crippen molar-refractivity contribution < 1.29 is 8.95 Å². The monoisotopic (exact) mass is 240 g/mol. The third-order valence-electron chi connectivity index (χ3n) is 2.50. The number of rotatable bonds is 4. The normalized spacial score (nSPS) is 18.6. The summed E-state index contributed by atoms with van der Waals surface area (Å²) in [5.41, 5.74) is 0. The molecule has 1 atom stereocenters. The van der Waals surface area contributed by atoms with Gasteiger partial charge in [-0.15, -0.1) is 0 Å². The van der Waals surface area contributed by atoms with Crippen LogP contribution in [0.2, 0.25) is 0 Å². The highest BCUT2D eigenvalue weighted by molar-refractivity contribution is 7.82. The Bertz CT molecular complexity index is 361. The molecule has 1 saturated heterocycles. The molecule has 88 valence electrons. The number of ether oxygens (including phenoxy) is 1. The lowest BCUT2D eigenvalue weighted by molar-refractivity contribution is 0.326. The van der Waals surface area contributed by atoms with Gasteiger partial charge in [0.2, 0.25) is 5.88 Å². The molecule has 0 aliphatic carbocycles. The molecule has 2 heterocycles. The average molecular weight is 240 g/mol. The fraction of sp³-hybridized carbons (Fsp3) is 0.545. The smallest absolute Gasteiger partial charge is 0.213 e. The van der Waals surface area contributed by atoms with E-state index >= 15 is 0 Å². The molecule has 0 spiro atoms. The van der Waals surface area contributed by atoms with E-state index in [0.29, 0.717) is 12.5 Å². The first-order valence-corrected chi connectivity index (χ1v) is 6.67. The zero-order chi connectivity index (χ0) is 11.4. The van der Waals surface area contributed by atoms with Crippen LogP contribution in [-0.4, -0.2) is 33.2 Å². The first kappa shape index (κ1) is 11.5. The van der Waals surface area contributed by atoms with Crippen LogP contribution in [0.1, 0.15) is 19.8 Å². The summed E-state index contributed by atoms with van der Waals surface area (Å²) in [4.78, 5) is 4.87. The first-order chi connectivity index (χ1) is 7.81. The minimum absolute atomic E-state index is 0.588. The fourth-order valence-electron chi connectivity index (χ4n) is 1.71. The summed E-state index contributed by atoms with van der Waals surface area (Å²) in [6.07, 6.45) is 3.91. The molecule has 0 amide bonds. The van der Waals surface area contributed by atoms with Gasteiger partial charge < -0.3 is 4.74 Å². The second kappa shape index (κ2) is 5.41. The first-order valence-electron chi connectivity index (χ1n) is 5.57. The summed E-state index contributed by atoms with van der Waals surface area (Å²) in [6, 6.07) is 3.60. The number of hydrogen-bond acceptors (Lipinski definition) is 3. The van der Waals surface area contributed by atoms with Crippen molar-refractivity contribution in [2.24, 2.45) is 0 Å². The summed E-state index contributed by atoms with van der Waals surface area (Å²) in [5, 5.41) is 0. The Morgan fingerprint density at radius 3 is 2.75 bits per heavy atom. The van der Waals surface area contributed by atoms with Crippen LogP contribution >= 0.6 is 0 Å². The summed E-state index contributed by atoms with van der Waals surface area (Å²) in [5.74, 6) is 0.588. The molecule has 16 heavy (non-hydrogen) atoms. The van der Waals surface area contributed by atoms with Crippen molar-refractivity contribution in [3.8, 4) is 5.88 Å². The lowest BCUT2D eigenvalue weighted by Gasteiger charge is -2.13. The predicted octanol–water partition coefficient (Wildman–Crippen LogP) is 1.60. The lowest BCUT2D eigenvalue weighted by atomic mass is 10.4. The summed E-state index contributed by atoms with van der Waals surface area (Å²) < 4.78 is 19.3. The zero-order valence-corrected chi connectivity index (χ0v) is 10.2. The Morgan fingerprint density at radius 2 is 2.19 bits per heavy atom. The van der Waals surface area contributed by atoms with E-state index in [1.54, 1.807) is 12.3 Å². The largest absolute Gasteiger partial charge is 0.478 e. The second-order valence-corrected chi connectivity index (χ2v) is 5.14. The molecule has 1 unspecified atom stereocenters. The van der Waals surface area contributed by atoms with E-state index < -0.39 is 11.0 Å². The highest BCUT2D eigenvalue weighted by Gasteiger charge is 2.19. The van der Waals surface area contributed by atoms with Gasteiger partial charge in [-0.3, -0.25) is 0 Å². The van der Waals surface area contributed by atoms with Crippen LogP contribution < -0.4 is 4.74 Å². The molecule has 1 fully saturated rings. The molecular formula is C11H16N2O2S. The van der Waals surface area contributed by atoms with E-state index in [1.165, 1.54) is 0 Å². The van der Waals surface area contributed by atoms with Gasteiger partial charge in [-0.2, -0.15) is 0 Å². The second-order valence-electron chi connectivity index (χ2n) is 3.65. The molecule has 2 rings (SSSR count). The van der Waals surface area contributed by atoms with Crippen molar-refractivity contribution >= 4 is 11.0 Å². The Kier molecular flexibility index (Phi) is 3.90. The molecule has 4 nitrogen and oxygen atoms in total. The summed E-state index contributed by atoms with van der Waals surface area (Å²) >= 11 is 0. The van der Waals surface area contributed by atoms with Gasteiger partial charge in [-0.05, 0) is 25.8 Å². The molecule has 1 aliphatic rings. The zero-order valence-electron chi connectivity index (χ0n) is 9.39. The highest BCUT2D eigenvalue weighted by atomic mass is 32.2. The van der Waals surface area contributed by atoms with Crippen molar-refractivity contribution in [1.29, 1.82) is 0 Å². The molecule has 0 radical (unpaired) electrons. The van der Waals surface area contributed by atoms with Crippen LogP contribution in [0.25, 0.3) is 0 Å². The summed E-state index contributed by atoms with van der Waals surface area (Å²) in [7, 11) is -1.06. The Labute approximate surface area is 98.2 Å². The van der Waals surface area contributed by atoms with E-state index in [-0.39, 0.29) is 0 Å². The molecule has 5 heteroatoms. The fourth-order valence-corrected chi connectivity index (χ4v) is 2.92. The van der Waals surface area contributed by atoms with Crippen molar-refractivity contribution in [2.45, 2.75) is 24.7 Å². The SMILES string of the molecule is CCOc1ccc(S(=O)N2CCCC2)cn1. The standard InChI is InChI=1S/C11H16N2O2S/c1-2-15-11-6-5-10(9-12-11)16(14)13-7-3-4-8-13/h5-6,9H,2-4,7-8H2,1H3. The molecule has 0 saturated carbocycles. The number of nitrogens with zero attached hydrogens (tertiary/aromatic N) is 2. The van der Waals surface area contributed by atoms with Gasteiger partial charge in [0, 0.05) is 25.4 Å². The average Bonchev–Trinajstić information content (AvgIpc) is 2.83. The maximum absolute atomic E-state index is 12.1. The third kappa shape index (κ3) is 2.59. The quantitative estimate of drug-likeness (QED) is 0.802. The van der Waals surface area contributed by atoms with Crippen LogP contribution in [-0.2, 0) is 11.0 Å². The van der Waals surface area contributed by atoms with Gasteiger partial charge in [0.05, 0.1) is 11.5 Å². The Hall–Kier alpha value is -0.940. The van der Waals surface area contributed by atoms with Gasteiger partial charge in [0.25, 0.3) is 0 Å². The van der Waals surface area contributed by atoms with E-state index in [4.69, 9.17) is 4.74 Å². The third-order valence-corrected chi connectivity index (χ3v) is 3.98. The number of pyridine rings is 1. The van der Waals surface area contributed by atoms with E-state index in [1.807, 2.05) is 17.3 Å². The topological polar surface area (TPSA) is 42.4 Å². The number of aromatic nitrogens is 1. The maximum atomic E-state index is 12.1. The molecule has 1 aromatic rings. The van der Waals surface area contributed by atoms with Gasteiger partial charge in [-0.1, -0.05) is 0 Å². The van der Waals surface area contributed by atoms with E-state index in [9.17, 15) is 4.21 Å². The van der Waals surface area contributed by atoms with Crippen molar-refractivity contribution in [2.75, 3.05) is 19.7 Å². The minimum Gasteiger partial charge on any atom is -0.478 e. The molecule has 0 N–H and O–H groups in total. The van der Waals surface area contributed by atoms with Gasteiger partial charge in [-0.25, -0.2) is 13.5 Å². The molecule has 0 bridgehead atoms. The van der Waals surface area contributed by atoms with Gasteiger partial charge in [0.15, 0.2) is 0 Å². The van der Waals surface area contributed by atoms with Crippen LogP contribution in [0, 0.1) is 0 Å². The molecule has 1 aliphatic heterocycles. The van der Waals surface area contributed by atoms with Crippen LogP contribution in [0.5, 0.6) is 5.88 Å². The summed E-state index contributed by atoms with van der Waals surface area (Å²) in [6.45, 7) is 4.35. The van der Waals surface area contributed by atoms with E-state index in [0.717, 1.165) is 30.8 Å². The maximum Gasteiger partial charge on any atom is 0.213 e. The molecular weight excluding hydrogens is 224 g/mol. The van der Waals surface area contributed by atoms with Gasteiger partial charge >= 0.3 is 0 Å². The van der Waals surface area contributed by atoms with Crippen LogP contribution in [0.15, 0.2) is 23.2 Å². The van der Waals surface area contributed by atoms with Crippen molar-refractivity contribution in [3.05, 3.63) is 18.3 Å². The Morgan fingerprint density at radius 1 is 1.44 bits per heavy atom. The van der Waals surface area contributed by atoms with Crippen LogP contribution in [0.3, 0.4) is 0 Å². The Balaban J connectivity index is 2.05. The minimum atomic E-state index is -1.06.